The number of nitriles is 1. The van der Waals surface area contributed by atoms with E-state index in [0.717, 1.165) is 16.8 Å². The van der Waals surface area contributed by atoms with Crippen LogP contribution in [0.1, 0.15) is 25.0 Å². The molecule has 0 aliphatic heterocycles. The maximum absolute atomic E-state index is 12.1. The molecule has 7 heteroatoms. The number of carbonyl (C=O) groups excluding carboxylic acids is 1. The van der Waals surface area contributed by atoms with Gasteiger partial charge >= 0.3 is 0 Å². The number of hydrogen-bond acceptors (Lipinski definition) is 5. The van der Waals surface area contributed by atoms with E-state index in [1.807, 2.05) is 13.0 Å². The first-order chi connectivity index (χ1) is 11.8. The number of nitrogens with one attached hydrogen (secondary N) is 1. The molecule has 0 bridgehead atoms. The second-order valence-electron chi connectivity index (χ2n) is 6.31. The molecule has 0 saturated heterocycles. The van der Waals surface area contributed by atoms with Crippen molar-refractivity contribution in [2.45, 2.75) is 26.4 Å². The predicted octanol–water partition coefficient (Wildman–Crippen LogP) is 2.29. The summed E-state index contributed by atoms with van der Waals surface area (Å²) in [6.07, 6.45) is 1.43. The molecule has 0 saturated carbocycles. The van der Waals surface area contributed by atoms with Crippen molar-refractivity contribution in [2.75, 3.05) is 5.32 Å². The number of hydrogen-bond donors (Lipinski definition) is 2. The van der Waals surface area contributed by atoms with Crippen LogP contribution in [0.15, 0.2) is 36.7 Å². The highest BCUT2D eigenvalue weighted by Crippen LogP contribution is 2.28. The first kappa shape index (κ1) is 16.6. The van der Waals surface area contributed by atoms with Gasteiger partial charge in [-0.25, -0.2) is 9.50 Å². The van der Waals surface area contributed by atoms with Gasteiger partial charge in [-0.1, -0.05) is 6.07 Å². The fourth-order valence-corrected chi connectivity index (χ4v) is 2.49. The quantitative estimate of drug-likeness (QED) is 0.764. The summed E-state index contributed by atoms with van der Waals surface area (Å²) in [5.74, 6) is -0.515. The second-order valence-corrected chi connectivity index (χ2v) is 6.31. The molecule has 0 atom stereocenters. The van der Waals surface area contributed by atoms with E-state index in [4.69, 9.17) is 5.26 Å². The number of aliphatic hydroxyl groups is 1. The van der Waals surface area contributed by atoms with E-state index in [9.17, 15) is 9.90 Å². The average Bonchev–Trinajstić information content (AvgIpc) is 3.01. The largest absolute Gasteiger partial charge is 0.381 e. The number of amides is 1. The lowest BCUT2D eigenvalue weighted by Crippen LogP contribution is -2.36. The number of rotatable bonds is 3. The molecule has 0 spiro atoms. The molecule has 1 amide bonds. The van der Waals surface area contributed by atoms with Gasteiger partial charge in [-0.3, -0.25) is 4.79 Å². The van der Waals surface area contributed by atoms with Crippen LogP contribution >= 0.6 is 0 Å². The van der Waals surface area contributed by atoms with Crippen molar-refractivity contribution in [3.63, 3.8) is 0 Å². The van der Waals surface area contributed by atoms with Crippen LogP contribution in [0.3, 0.4) is 0 Å². The molecule has 3 aromatic rings. The lowest BCUT2D eigenvalue weighted by atomic mass is 10.0. The van der Waals surface area contributed by atoms with Crippen LogP contribution in [-0.2, 0) is 4.79 Å². The smallest absolute Gasteiger partial charge is 0.255 e. The predicted molar refractivity (Wildman–Crippen MR) is 92.8 cm³/mol. The maximum Gasteiger partial charge on any atom is 0.255 e. The second kappa shape index (κ2) is 6.00. The van der Waals surface area contributed by atoms with Crippen molar-refractivity contribution in [2.24, 2.45) is 0 Å². The molecule has 0 aliphatic rings. The molecule has 0 radical (unpaired) electrons. The zero-order valence-electron chi connectivity index (χ0n) is 14.1. The Kier molecular flexibility index (Phi) is 3.99. The van der Waals surface area contributed by atoms with Crippen LogP contribution in [-0.4, -0.2) is 31.2 Å². The van der Waals surface area contributed by atoms with Crippen LogP contribution in [0.25, 0.3) is 16.9 Å². The average molecular weight is 335 g/mol. The summed E-state index contributed by atoms with van der Waals surface area (Å²) in [4.78, 5) is 16.3. The Balaban J connectivity index is 2.13. The third-order valence-electron chi connectivity index (χ3n) is 3.82. The molecule has 0 unspecified atom stereocenters. The summed E-state index contributed by atoms with van der Waals surface area (Å²) >= 11 is 0. The van der Waals surface area contributed by atoms with E-state index in [0.29, 0.717) is 16.9 Å². The molecule has 2 N–H and O–H groups in total. The van der Waals surface area contributed by atoms with Crippen LogP contribution in [0.2, 0.25) is 0 Å². The van der Waals surface area contributed by atoms with E-state index >= 15 is 0 Å². The summed E-state index contributed by atoms with van der Waals surface area (Å²) in [5.41, 5.74) is 2.64. The minimum atomic E-state index is -1.50. The molecule has 3 rings (SSSR count). The molecular weight excluding hydrogens is 318 g/mol. The van der Waals surface area contributed by atoms with E-state index in [1.54, 1.807) is 28.8 Å². The Hall–Kier alpha value is -3.24. The van der Waals surface area contributed by atoms with Gasteiger partial charge in [0.05, 0.1) is 17.3 Å². The topological polar surface area (TPSA) is 103 Å². The number of benzene rings is 1. The molecule has 0 fully saturated rings. The van der Waals surface area contributed by atoms with E-state index in [-0.39, 0.29) is 0 Å². The minimum Gasteiger partial charge on any atom is -0.381 e. The number of fused-ring (bicyclic) bond motifs is 1. The number of anilines is 1. The first-order valence-corrected chi connectivity index (χ1v) is 7.68. The summed E-state index contributed by atoms with van der Waals surface area (Å²) in [5, 5.41) is 25.8. The molecule has 2 heterocycles. The van der Waals surface area contributed by atoms with Crippen molar-refractivity contribution in [1.29, 1.82) is 5.26 Å². The number of carbonyl (C=O) groups is 1. The van der Waals surface area contributed by atoms with Crippen molar-refractivity contribution in [3.05, 3.63) is 47.8 Å². The highest BCUT2D eigenvalue weighted by Gasteiger charge is 2.24. The molecule has 0 aliphatic carbocycles. The van der Waals surface area contributed by atoms with Crippen molar-refractivity contribution >= 4 is 17.2 Å². The van der Waals surface area contributed by atoms with Crippen molar-refractivity contribution < 1.29 is 9.90 Å². The zero-order valence-corrected chi connectivity index (χ0v) is 14.1. The molecule has 25 heavy (non-hydrogen) atoms. The third-order valence-corrected chi connectivity index (χ3v) is 3.82. The van der Waals surface area contributed by atoms with E-state index in [1.165, 1.54) is 20.2 Å². The number of nitrogens with zero attached hydrogens (tertiary/aromatic N) is 4. The monoisotopic (exact) mass is 335 g/mol. The number of pyridine rings is 1. The zero-order chi connectivity index (χ0) is 18.2. The fourth-order valence-electron chi connectivity index (χ4n) is 2.49. The summed E-state index contributed by atoms with van der Waals surface area (Å²) in [6, 6.07) is 10.9. The van der Waals surface area contributed by atoms with Crippen LogP contribution in [0.5, 0.6) is 0 Å². The van der Waals surface area contributed by atoms with Gasteiger partial charge in [-0.05, 0) is 44.5 Å². The maximum atomic E-state index is 12.1. The third kappa shape index (κ3) is 3.20. The normalized spacial score (nSPS) is 11.3. The summed E-state index contributed by atoms with van der Waals surface area (Å²) in [6.45, 7) is 4.74. The molecule has 1 aromatic carbocycles. The van der Waals surface area contributed by atoms with Crippen molar-refractivity contribution in [3.8, 4) is 17.3 Å². The summed E-state index contributed by atoms with van der Waals surface area (Å²) in [7, 11) is 0. The highest BCUT2D eigenvalue weighted by molar-refractivity contribution is 5.97. The van der Waals surface area contributed by atoms with Gasteiger partial charge in [-0.2, -0.15) is 10.4 Å². The standard InChI is InChI=1S/C18H17N5O2/c1-11-6-12(9-19)4-5-14(11)15-7-13(22-17(24)18(2,3)25)8-16-20-10-21-23(15)16/h4-8,10,25H,1-3H3,(H,22,24). The molecular formula is C18H17N5O2. The first-order valence-electron chi connectivity index (χ1n) is 7.68. The van der Waals surface area contributed by atoms with Gasteiger partial charge in [0, 0.05) is 17.3 Å². The Labute approximate surface area is 144 Å². The van der Waals surface area contributed by atoms with Crippen molar-refractivity contribution in [1.82, 2.24) is 14.6 Å². The molecule has 2 aromatic heterocycles. The van der Waals surface area contributed by atoms with E-state index in [2.05, 4.69) is 21.5 Å². The Bertz CT molecular complexity index is 1010. The van der Waals surface area contributed by atoms with Crippen LogP contribution in [0.4, 0.5) is 5.69 Å². The SMILES string of the molecule is Cc1cc(C#N)ccc1-c1cc(NC(=O)C(C)(C)O)cc2ncnn12. The van der Waals surface area contributed by atoms with Gasteiger partial charge in [0.1, 0.15) is 11.9 Å². The Morgan fingerprint density at radius 2 is 2.08 bits per heavy atom. The van der Waals surface area contributed by atoms with Gasteiger partial charge in [0.2, 0.25) is 0 Å². The lowest BCUT2D eigenvalue weighted by Gasteiger charge is -2.17. The fraction of sp³-hybridized carbons (Fsp3) is 0.222. The van der Waals surface area contributed by atoms with Crippen LogP contribution in [0, 0.1) is 18.3 Å². The Morgan fingerprint density at radius 1 is 1.32 bits per heavy atom. The van der Waals surface area contributed by atoms with Gasteiger partial charge in [-0.15, -0.1) is 0 Å². The summed E-state index contributed by atoms with van der Waals surface area (Å²) < 4.78 is 1.66. The Morgan fingerprint density at radius 3 is 2.72 bits per heavy atom. The number of aromatic nitrogens is 3. The molecule has 126 valence electrons. The van der Waals surface area contributed by atoms with Gasteiger partial charge in [0.25, 0.3) is 5.91 Å². The van der Waals surface area contributed by atoms with Gasteiger partial charge in [0.15, 0.2) is 5.65 Å². The van der Waals surface area contributed by atoms with E-state index < -0.39 is 11.5 Å². The minimum absolute atomic E-state index is 0.506. The molecule has 7 nitrogen and oxygen atoms in total. The number of aryl methyl sites for hydroxylation is 1. The highest BCUT2D eigenvalue weighted by atomic mass is 16.3. The van der Waals surface area contributed by atoms with Gasteiger partial charge < -0.3 is 10.4 Å². The van der Waals surface area contributed by atoms with Crippen LogP contribution < -0.4 is 5.32 Å². The lowest BCUT2D eigenvalue weighted by molar-refractivity contribution is -0.130.